The molecule has 4 nitrogen and oxygen atoms in total. The van der Waals surface area contributed by atoms with Crippen LogP contribution in [0, 0.1) is 0 Å². The summed E-state index contributed by atoms with van der Waals surface area (Å²) in [7, 11) is -5.61. The molecular formula is HClNa4O4Si. The zero-order chi connectivity index (χ0) is 4.50. The van der Waals surface area contributed by atoms with Crippen LogP contribution in [0.25, 0.3) is 0 Å². The van der Waals surface area contributed by atoms with E-state index in [-0.39, 0.29) is 131 Å². The molecule has 0 atom stereocenters. The van der Waals surface area contributed by atoms with Gasteiger partial charge >= 0.3 is 118 Å². The average molecular weight is 221 g/mol. The molecule has 10 heteroatoms. The van der Waals surface area contributed by atoms with Gasteiger partial charge < -0.3 is 28.2 Å². The fraction of sp³-hybridized carbons (Fsp3) is 0. The van der Waals surface area contributed by atoms with E-state index in [1.807, 2.05) is 0 Å². The maximum atomic E-state index is 8.58. The van der Waals surface area contributed by atoms with E-state index in [1.54, 1.807) is 0 Å². The molecule has 40 valence electrons. The maximum Gasteiger partial charge on any atom is 1.00 e. The summed E-state index contributed by atoms with van der Waals surface area (Å²) >= 11 is 0. The first kappa shape index (κ1) is 36.7. The van der Waals surface area contributed by atoms with Gasteiger partial charge in [-0.05, 0) is 0 Å². The van der Waals surface area contributed by atoms with Crippen molar-refractivity contribution in [1.82, 2.24) is 0 Å². The van der Waals surface area contributed by atoms with Crippen molar-refractivity contribution in [3.8, 4) is 0 Å². The molecule has 0 aliphatic carbocycles. The Morgan fingerprint density at radius 3 is 0.600 bits per heavy atom. The van der Waals surface area contributed by atoms with E-state index in [9.17, 15) is 0 Å². The van der Waals surface area contributed by atoms with E-state index in [4.69, 9.17) is 19.2 Å². The van der Waals surface area contributed by atoms with Crippen molar-refractivity contribution in [2.75, 3.05) is 0 Å². The molecule has 0 spiro atoms. The minimum Gasteiger partial charge on any atom is -0.894 e. The largest absolute Gasteiger partial charge is 1.00 e. The molecule has 0 heterocycles. The normalized spacial score (nSPS) is 6.00. The van der Waals surface area contributed by atoms with Crippen LogP contribution in [0.1, 0.15) is 0 Å². The maximum absolute atomic E-state index is 8.58. The minimum absolute atomic E-state index is 0. The van der Waals surface area contributed by atoms with Gasteiger partial charge in [0.1, 0.15) is 0 Å². The van der Waals surface area contributed by atoms with E-state index in [1.165, 1.54) is 0 Å². The molecule has 0 amide bonds. The standard InChI is InChI=1S/ClH.4Na.O4Si/c;;;;;1-5(2,3)4/h1H;;;;;/q;4*+1;-4. The van der Waals surface area contributed by atoms with E-state index < -0.39 is 9.05 Å². The molecule has 0 bridgehead atoms. The summed E-state index contributed by atoms with van der Waals surface area (Å²) in [5, 5.41) is 0. The van der Waals surface area contributed by atoms with Crippen molar-refractivity contribution in [3.05, 3.63) is 0 Å². The van der Waals surface area contributed by atoms with Crippen LogP contribution in [0.5, 0.6) is 0 Å². The minimum atomic E-state index is -5.61. The van der Waals surface area contributed by atoms with E-state index in [2.05, 4.69) is 0 Å². The van der Waals surface area contributed by atoms with Crippen molar-refractivity contribution in [1.29, 1.82) is 0 Å². The van der Waals surface area contributed by atoms with Gasteiger partial charge in [-0.2, -0.15) is 0 Å². The van der Waals surface area contributed by atoms with Crippen LogP contribution < -0.4 is 137 Å². The molecule has 0 aromatic carbocycles. The van der Waals surface area contributed by atoms with Crippen molar-refractivity contribution in [2.45, 2.75) is 0 Å². The summed E-state index contributed by atoms with van der Waals surface area (Å²) in [6, 6.07) is 0. The molecule has 10 heavy (non-hydrogen) atoms. The third-order valence-electron chi connectivity index (χ3n) is 0. The summed E-state index contributed by atoms with van der Waals surface area (Å²) in [4.78, 5) is 34.3. The first-order chi connectivity index (χ1) is 2.00. The average Bonchev–Trinajstić information content (AvgIpc) is 0.722. The zero-order valence-corrected chi connectivity index (χ0v) is 16.4. The predicted octanol–water partition coefficient (Wildman–Crippen LogP) is -16.7. The van der Waals surface area contributed by atoms with Gasteiger partial charge in [0.2, 0.25) is 0 Å². The molecule has 0 aliphatic heterocycles. The Hall–Kier alpha value is 4.35. The SMILES string of the molecule is Cl.[Na+].[Na+].[Na+].[Na+].[O-][Si]([O-])([O-])[O-]. The van der Waals surface area contributed by atoms with Crippen LogP contribution in [0.4, 0.5) is 0 Å². The number of halogens is 1. The van der Waals surface area contributed by atoms with Crippen molar-refractivity contribution in [3.63, 3.8) is 0 Å². The number of hydrogen-bond acceptors (Lipinski definition) is 4. The Labute approximate surface area is 155 Å². The van der Waals surface area contributed by atoms with Crippen molar-refractivity contribution >= 4 is 21.5 Å². The number of rotatable bonds is 0. The quantitative estimate of drug-likeness (QED) is 0.379. The Morgan fingerprint density at radius 1 is 0.600 bits per heavy atom. The zero-order valence-electron chi connectivity index (χ0n) is 6.54. The molecule has 0 aliphatic rings. The fourth-order valence-corrected chi connectivity index (χ4v) is 0. The van der Waals surface area contributed by atoms with Gasteiger partial charge in [0, 0.05) is 0 Å². The van der Waals surface area contributed by atoms with Crippen LogP contribution >= 0.6 is 12.4 Å². The molecule has 0 saturated heterocycles. The first-order valence-corrected chi connectivity index (χ1v) is 2.45. The summed E-state index contributed by atoms with van der Waals surface area (Å²) < 4.78 is 0. The summed E-state index contributed by atoms with van der Waals surface area (Å²) in [6.07, 6.45) is 0. The van der Waals surface area contributed by atoms with Gasteiger partial charge in [-0.1, -0.05) is 0 Å². The summed E-state index contributed by atoms with van der Waals surface area (Å²) in [5.41, 5.74) is 0. The van der Waals surface area contributed by atoms with Gasteiger partial charge in [0.25, 0.3) is 0 Å². The Kier molecular flexibility index (Phi) is 69.7. The summed E-state index contributed by atoms with van der Waals surface area (Å²) in [5.74, 6) is 0. The molecule has 0 radical (unpaired) electrons. The summed E-state index contributed by atoms with van der Waals surface area (Å²) in [6.45, 7) is 0. The van der Waals surface area contributed by atoms with Crippen LogP contribution in [-0.4, -0.2) is 9.05 Å². The predicted molar refractivity (Wildman–Crippen MR) is 13.0 cm³/mol. The van der Waals surface area contributed by atoms with Crippen LogP contribution in [0.3, 0.4) is 0 Å². The van der Waals surface area contributed by atoms with Crippen LogP contribution in [-0.2, 0) is 0 Å². The Bertz CT molecular complexity index is 32.7. The smallest absolute Gasteiger partial charge is 0.894 e. The molecule has 0 aromatic rings. The molecule has 0 aromatic heterocycles. The van der Waals surface area contributed by atoms with E-state index in [0.717, 1.165) is 0 Å². The van der Waals surface area contributed by atoms with Crippen molar-refractivity contribution < 1.29 is 137 Å². The molecular weight excluding hydrogens is 219 g/mol. The van der Waals surface area contributed by atoms with Crippen LogP contribution in [0.2, 0.25) is 0 Å². The first-order valence-electron chi connectivity index (χ1n) is 0.816. The second kappa shape index (κ2) is 19.0. The van der Waals surface area contributed by atoms with Crippen molar-refractivity contribution in [2.24, 2.45) is 0 Å². The fourth-order valence-electron chi connectivity index (χ4n) is 0. The third-order valence-corrected chi connectivity index (χ3v) is 0. The van der Waals surface area contributed by atoms with Gasteiger partial charge in [-0.25, -0.2) is 0 Å². The van der Waals surface area contributed by atoms with E-state index in [0.29, 0.717) is 0 Å². The molecule has 0 rings (SSSR count). The second-order valence-corrected chi connectivity index (χ2v) is 1.50. The topological polar surface area (TPSA) is 92.2 Å². The number of hydrogen-bond donors (Lipinski definition) is 0. The molecule has 0 N–H and O–H groups in total. The monoisotopic (exact) mass is 220 g/mol. The van der Waals surface area contributed by atoms with Gasteiger partial charge in [-0.3, -0.25) is 0 Å². The molecule has 0 saturated carbocycles. The molecule has 0 fully saturated rings. The third kappa shape index (κ3) is 84.1. The van der Waals surface area contributed by atoms with Gasteiger partial charge in [0.15, 0.2) is 0 Å². The van der Waals surface area contributed by atoms with Gasteiger partial charge in [-0.15, -0.1) is 12.4 Å². The second-order valence-electron chi connectivity index (χ2n) is 0.500. The van der Waals surface area contributed by atoms with Gasteiger partial charge in [0.05, 0.1) is 0 Å². The van der Waals surface area contributed by atoms with E-state index >= 15 is 0 Å². The Morgan fingerprint density at radius 2 is 0.600 bits per heavy atom. The van der Waals surface area contributed by atoms with Crippen LogP contribution in [0.15, 0.2) is 0 Å². The Balaban J connectivity index is -0.00000000800. The molecule has 0 unspecified atom stereocenters.